The summed E-state index contributed by atoms with van der Waals surface area (Å²) in [5, 5.41) is 5.84. The molecule has 1 fully saturated rings. The van der Waals surface area contributed by atoms with Crippen LogP contribution in [0, 0.1) is 23.7 Å². The topological polar surface area (TPSA) is 58.2 Å². The highest BCUT2D eigenvalue weighted by atomic mass is 35.5. The van der Waals surface area contributed by atoms with Crippen LogP contribution in [0.25, 0.3) is 0 Å². The Hall–Kier alpha value is -1.75. The molecule has 1 aliphatic rings. The van der Waals surface area contributed by atoms with Gasteiger partial charge in [-0.15, -0.1) is 34.8 Å². The van der Waals surface area contributed by atoms with Crippen molar-refractivity contribution in [3.05, 3.63) is 60.7 Å². The van der Waals surface area contributed by atoms with Gasteiger partial charge in [0.05, 0.1) is 11.8 Å². The molecule has 0 saturated heterocycles. The second-order valence-corrected chi connectivity index (χ2v) is 13.5. The number of amides is 2. The summed E-state index contributed by atoms with van der Waals surface area (Å²) in [7, 11) is 0. The minimum absolute atomic E-state index is 0.0352. The fourth-order valence-electron chi connectivity index (χ4n) is 5.31. The highest BCUT2D eigenvalue weighted by Gasteiger charge is 2.43. The van der Waals surface area contributed by atoms with Crippen LogP contribution >= 0.6 is 34.8 Å². The van der Waals surface area contributed by atoms with E-state index in [0.717, 1.165) is 37.8 Å². The van der Waals surface area contributed by atoms with Crippen molar-refractivity contribution >= 4 is 58.0 Å². The van der Waals surface area contributed by atoms with E-state index in [4.69, 9.17) is 34.8 Å². The van der Waals surface area contributed by atoms with Crippen molar-refractivity contribution in [2.75, 3.05) is 10.6 Å². The summed E-state index contributed by atoms with van der Waals surface area (Å²) in [6, 6.07) is 18.7. The average molecular weight is 580 g/mol. The zero-order valence-corrected chi connectivity index (χ0v) is 24.9. The molecule has 0 radical (unpaired) electrons. The van der Waals surface area contributed by atoms with Crippen molar-refractivity contribution in [3.8, 4) is 0 Å². The molecule has 2 aromatic carbocycles. The SMILES string of the molecule is CC(CCCC(C)(C)Cl)C(Cl)CCC1CC(C(=O)Nc2ccccc2)C(C(=O)Nc2ccccc2)CC1Cl. The highest BCUT2D eigenvalue weighted by molar-refractivity contribution is 6.23. The van der Waals surface area contributed by atoms with Crippen molar-refractivity contribution in [3.63, 3.8) is 0 Å². The van der Waals surface area contributed by atoms with Gasteiger partial charge in [-0.05, 0) is 88.5 Å². The van der Waals surface area contributed by atoms with Gasteiger partial charge in [0.15, 0.2) is 0 Å². The third-order valence-electron chi connectivity index (χ3n) is 7.65. The normalized spacial score (nSPS) is 23.3. The highest BCUT2D eigenvalue weighted by Crippen LogP contribution is 2.41. The van der Waals surface area contributed by atoms with E-state index in [1.54, 1.807) is 0 Å². The first-order chi connectivity index (χ1) is 18.0. The average Bonchev–Trinajstić information content (AvgIpc) is 2.87. The van der Waals surface area contributed by atoms with E-state index >= 15 is 0 Å². The van der Waals surface area contributed by atoms with Gasteiger partial charge in [-0.25, -0.2) is 0 Å². The molecule has 38 heavy (non-hydrogen) atoms. The van der Waals surface area contributed by atoms with Crippen LogP contribution in [0.3, 0.4) is 0 Å². The first-order valence-corrected chi connectivity index (χ1v) is 15.0. The first kappa shape index (κ1) is 30.8. The molecule has 3 rings (SSSR count). The summed E-state index contributed by atoms with van der Waals surface area (Å²) in [5.74, 6) is -0.816. The molecule has 6 unspecified atom stereocenters. The molecule has 208 valence electrons. The minimum atomic E-state index is -0.512. The lowest BCUT2D eigenvalue weighted by molar-refractivity contribution is -0.131. The van der Waals surface area contributed by atoms with E-state index in [9.17, 15) is 9.59 Å². The summed E-state index contributed by atoms with van der Waals surface area (Å²) >= 11 is 20.0. The van der Waals surface area contributed by atoms with Crippen LogP contribution in [0.2, 0.25) is 0 Å². The second kappa shape index (κ2) is 14.6. The molecular weight excluding hydrogens is 539 g/mol. The third-order valence-corrected chi connectivity index (χ3v) is 9.02. The summed E-state index contributed by atoms with van der Waals surface area (Å²) in [5.41, 5.74) is 1.43. The summed E-state index contributed by atoms with van der Waals surface area (Å²) in [4.78, 5) is 26.6. The maximum absolute atomic E-state index is 13.5. The van der Waals surface area contributed by atoms with E-state index in [2.05, 4.69) is 17.6 Å². The predicted octanol–water partition coefficient (Wildman–Crippen LogP) is 8.73. The van der Waals surface area contributed by atoms with Gasteiger partial charge in [-0.1, -0.05) is 49.7 Å². The summed E-state index contributed by atoms with van der Waals surface area (Å²) in [6.45, 7) is 6.27. The van der Waals surface area contributed by atoms with Crippen LogP contribution in [0.5, 0.6) is 0 Å². The zero-order valence-electron chi connectivity index (χ0n) is 22.6. The monoisotopic (exact) mass is 578 g/mol. The number of hydrogen-bond donors (Lipinski definition) is 2. The number of anilines is 2. The van der Waals surface area contributed by atoms with Gasteiger partial charge in [0.2, 0.25) is 11.8 Å². The molecule has 2 N–H and O–H groups in total. The Kier molecular flexibility index (Phi) is 11.8. The van der Waals surface area contributed by atoms with Crippen LogP contribution in [-0.2, 0) is 9.59 Å². The van der Waals surface area contributed by atoms with Gasteiger partial charge in [0.1, 0.15) is 0 Å². The van der Waals surface area contributed by atoms with Gasteiger partial charge >= 0.3 is 0 Å². The zero-order chi connectivity index (χ0) is 27.7. The summed E-state index contributed by atoms with van der Waals surface area (Å²) in [6.07, 6.45) is 5.69. The molecule has 0 spiro atoms. The number of nitrogens with one attached hydrogen (secondary N) is 2. The predicted molar refractivity (Wildman–Crippen MR) is 161 cm³/mol. The fraction of sp³-hybridized carbons (Fsp3) is 0.548. The standard InChI is InChI=1S/C31H41Cl3N2O2/c1-21(11-10-18-31(2,3)34)27(32)17-16-22-19-25(29(37)35-23-12-6-4-7-13-23)26(20-28(22)33)30(38)36-24-14-8-5-9-15-24/h4-9,12-15,21-22,25-28H,10-11,16-20H2,1-3H3,(H,35,37)(H,36,38). The van der Waals surface area contributed by atoms with Crippen molar-refractivity contribution in [1.82, 2.24) is 0 Å². The Morgan fingerprint density at radius 1 is 0.895 bits per heavy atom. The van der Waals surface area contributed by atoms with Crippen molar-refractivity contribution in [1.29, 1.82) is 0 Å². The van der Waals surface area contributed by atoms with Crippen LogP contribution < -0.4 is 10.6 Å². The molecule has 0 bridgehead atoms. The number of carbonyl (C=O) groups excluding carboxylic acids is 2. The molecule has 6 atom stereocenters. The largest absolute Gasteiger partial charge is 0.326 e. The molecule has 0 aromatic heterocycles. The Morgan fingerprint density at radius 3 is 1.89 bits per heavy atom. The van der Waals surface area contributed by atoms with Gasteiger partial charge in [-0.3, -0.25) is 9.59 Å². The number of halogens is 3. The lowest BCUT2D eigenvalue weighted by Crippen LogP contribution is -2.44. The maximum atomic E-state index is 13.5. The van der Waals surface area contributed by atoms with E-state index < -0.39 is 11.8 Å². The van der Waals surface area contributed by atoms with Crippen molar-refractivity contribution < 1.29 is 9.59 Å². The van der Waals surface area contributed by atoms with Gasteiger partial charge in [0, 0.05) is 27.0 Å². The van der Waals surface area contributed by atoms with Crippen LogP contribution in [0.4, 0.5) is 11.4 Å². The second-order valence-electron chi connectivity index (χ2n) is 11.4. The van der Waals surface area contributed by atoms with E-state index in [0.29, 0.717) is 24.4 Å². The third kappa shape index (κ3) is 9.77. The van der Waals surface area contributed by atoms with Crippen LogP contribution in [-0.4, -0.2) is 27.4 Å². The Morgan fingerprint density at radius 2 is 1.39 bits per heavy atom. The molecule has 2 aromatic rings. The lowest BCUT2D eigenvalue weighted by atomic mass is 9.71. The van der Waals surface area contributed by atoms with Crippen molar-refractivity contribution in [2.24, 2.45) is 23.7 Å². The smallest absolute Gasteiger partial charge is 0.228 e. The molecule has 0 heterocycles. The lowest BCUT2D eigenvalue weighted by Gasteiger charge is -2.38. The van der Waals surface area contributed by atoms with Crippen molar-refractivity contribution in [2.45, 2.75) is 81.3 Å². The number of hydrogen-bond acceptors (Lipinski definition) is 2. The van der Waals surface area contributed by atoms with E-state index in [-0.39, 0.29) is 33.4 Å². The molecule has 2 amide bonds. The summed E-state index contributed by atoms with van der Waals surface area (Å²) < 4.78 is 0. The molecule has 7 heteroatoms. The molecule has 1 aliphatic carbocycles. The van der Waals surface area contributed by atoms with E-state index in [1.807, 2.05) is 74.5 Å². The Labute approximate surface area is 243 Å². The minimum Gasteiger partial charge on any atom is -0.326 e. The van der Waals surface area contributed by atoms with E-state index in [1.165, 1.54) is 0 Å². The molecule has 0 aliphatic heterocycles. The molecule has 4 nitrogen and oxygen atoms in total. The number of alkyl halides is 3. The number of benzene rings is 2. The number of rotatable bonds is 12. The van der Waals surface area contributed by atoms with Gasteiger partial charge in [0.25, 0.3) is 0 Å². The van der Waals surface area contributed by atoms with Gasteiger partial charge < -0.3 is 10.6 Å². The Bertz CT molecular complexity index is 1010. The molecular formula is C31H41Cl3N2O2. The number of carbonyl (C=O) groups is 2. The first-order valence-electron chi connectivity index (χ1n) is 13.7. The Balaban J connectivity index is 1.65. The van der Waals surface area contributed by atoms with Gasteiger partial charge in [-0.2, -0.15) is 0 Å². The van der Waals surface area contributed by atoms with Crippen LogP contribution in [0.15, 0.2) is 60.7 Å². The molecule has 1 saturated carbocycles. The fourth-order valence-corrected chi connectivity index (χ4v) is 6.12. The maximum Gasteiger partial charge on any atom is 0.228 e. The number of para-hydroxylation sites is 2. The van der Waals surface area contributed by atoms with Crippen LogP contribution in [0.1, 0.15) is 65.7 Å². The quantitative estimate of drug-likeness (QED) is 0.247.